The maximum Gasteiger partial charge on any atom is 0.219 e. The Morgan fingerprint density at radius 2 is 1.84 bits per heavy atom. The molecule has 0 bridgehead atoms. The predicted molar refractivity (Wildman–Crippen MR) is 111 cm³/mol. The second-order valence-corrected chi connectivity index (χ2v) is 7.92. The first-order chi connectivity index (χ1) is 14.8. The number of carbonyl (C=O) groups excluding carboxylic acids is 1. The second-order valence-electron chi connectivity index (χ2n) is 7.92. The summed E-state index contributed by atoms with van der Waals surface area (Å²) in [4.78, 5) is 15.5. The molecule has 2 aliphatic rings. The van der Waals surface area contributed by atoms with Gasteiger partial charge in [-0.2, -0.15) is 0 Å². The van der Waals surface area contributed by atoms with Crippen LogP contribution in [0.4, 0.5) is 14.5 Å². The molecule has 2 aliphatic heterocycles. The van der Waals surface area contributed by atoms with Crippen LogP contribution in [-0.4, -0.2) is 56.3 Å². The molecule has 0 saturated carbocycles. The summed E-state index contributed by atoms with van der Waals surface area (Å²) >= 11 is 0. The fourth-order valence-corrected chi connectivity index (χ4v) is 3.94. The number of ether oxygens (including phenoxy) is 3. The van der Waals surface area contributed by atoms with E-state index >= 15 is 0 Å². The van der Waals surface area contributed by atoms with Crippen molar-refractivity contribution in [3.63, 3.8) is 0 Å². The van der Waals surface area contributed by atoms with Gasteiger partial charge in [-0.1, -0.05) is 0 Å². The zero-order valence-corrected chi connectivity index (χ0v) is 17.6. The van der Waals surface area contributed by atoms with Gasteiger partial charge in [-0.3, -0.25) is 4.79 Å². The van der Waals surface area contributed by atoms with Crippen LogP contribution >= 0.6 is 0 Å². The number of piperazine rings is 1. The van der Waals surface area contributed by atoms with Crippen LogP contribution in [0.15, 0.2) is 42.5 Å². The molecular formula is C23H26F2N2O4. The van der Waals surface area contributed by atoms with Crippen LogP contribution in [0.5, 0.6) is 5.75 Å². The monoisotopic (exact) mass is 432 g/mol. The third kappa shape index (κ3) is 4.80. The van der Waals surface area contributed by atoms with E-state index in [1.165, 1.54) is 12.1 Å². The lowest BCUT2D eigenvalue weighted by Crippen LogP contribution is -2.48. The van der Waals surface area contributed by atoms with E-state index < -0.39 is 17.4 Å². The molecule has 8 heteroatoms. The molecule has 2 heterocycles. The van der Waals surface area contributed by atoms with Crippen molar-refractivity contribution in [1.82, 2.24) is 4.90 Å². The zero-order valence-electron chi connectivity index (χ0n) is 17.6. The summed E-state index contributed by atoms with van der Waals surface area (Å²) in [6, 6.07) is 11.1. The molecule has 1 amide bonds. The van der Waals surface area contributed by atoms with Crippen molar-refractivity contribution in [3.05, 3.63) is 59.7 Å². The fourth-order valence-electron chi connectivity index (χ4n) is 3.94. The molecule has 0 aromatic heterocycles. The van der Waals surface area contributed by atoms with Crippen LogP contribution in [0.2, 0.25) is 0 Å². The van der Waals surface area contributed by atoms with E-state index in [0.717, 1.165) is 37.9 Å². The molecule has 2 atom stereocenters. The summed E-state index contributed by atoms with van der Waals surface area (Å²) in [6.45, 7) is 6.74. The van der Waals surface area contributed by atoms with Gasteiger partial charge in [-0.25, -0.2) is 8.78 Å². The van der Waals surface area contributed by atoms with Crippen LogP contribution < -0.4 is 9.64 Å². The maximum absolute atomic E-state index is 14.1. The molecule has 2 aromatic rings. The summed E-state index contributed by atoms with van der Waals surface area (Å²) in [5.41, 5.74) is 1.24. The first kappa shape index (κ1) is 21.5. The molecule has 0 unspecified atom stereocenters. The zero-order chi connectivity index (χ0) is 22.0. The van der Waals surface area contributed by atoms with Crippen LogP contribution in [0, 0.1) is 11.6 Å². The minimum absolute atomic E-state index is 0.111. The maximum atomic E-state index is 14.1. The number of benzene rings is 2. The molecule has 166 valence electrons. The van der Waals surface area contributed by atoms with E-state index in [4.69, 9.17) is 14.2 Å². The number of anilines is 1. The number of amides is 1. The van der Waals surface area contributed by atoms with Gasteiger partial charge >= 0.3 is 0 Å². The molecule has 4 rings (SSSR count). The summed E-state index contributed by atoms with van der Waals surface area (Å²) in [6.07, 6.45) is -0.381. The molecule has 2 saturated heterocycles. The lowest BCUT2D eigenvalue weighted by atomic mass is 10.1. The van der Waals surface area contributed by atoms with E-state index in [2.05, 4.69) is 4.90 Å². The van der Waals surface area contributed by atoms with E-state index in [9.17, 15) is 13.6 Å². The Labute approximate surface area is 180 Å². The number of hydrogen-bond acceptors (Lipinski definition) is 5. The number of hydrogen-bond donors (Lipinski definition) is 0. The predicted octanol–water partition coefficient (Wildman–Crippen LogP) is 3.30. The van der Waals surface area contributed by atoms with Gasteiger partial charge < -0.3 is 24.0 Å². The highest BCUT2D eigenvalue weighted by atomic mass is 19.1. The Hall–Kier alpha value is -2.71. The lowest BCUT2D eigenvalue weighted by Gasteiger charge is -2.35. The van der Waals surface area contributed by atoms with Crippen molar-refractivity contribution in [2.24, 2.45) is 0 Å². The highest BCUT2D eigenvalue weighted by Gasteiger charge is 2.41. The number of rotatable bonds is 5. The molecule has 31 heavy (non-hydrogen) atoms. The van der Waals surface area contributed by atoms with Gasteiger partial charge in [0, 0.05) is 50.4 Å². The van der Waals surface area contributed by atoms with Gasteiger partial charge in [0.2, 0.25) is 5.91 Å². The minimum Gasteiger partial charge on any atom is -0.491 e. The van der Waals surface area contributed by atoms with Crippen molar-refractivity contribution in [2.45, 2.75) is 25.7 Å². The standard InChI is InChI=1S/C23H26F2N2O4/c1-16(28)26-9-11-27(12-10-26)18-4-6-19(7-5-18)29-14-20-15-30-23(2,31-20)21-8-3-17(24)13-22(21)25/h3-8,13,20H,9-12,14-15H2,1-2H3/t20-,23+/m1/s1. The van der Waals surface area contributed by atoms with Gasteiger partial charge in [-0.05, 0) is 43.3 Å². The molecule has 6 nitrogen and oxygen atoms in total. The average molecular weight is 432 g/mol. The normalized spacial score (nSPS) is 23.8. The largest absolute Gasteiger partial charge is 0.491 e. The SMILES string of the molecule is CC(=O)N1CCN(c2ccc(OC[C@@H]3CO[C@](C)(c4ccc(F)cc4F)O3)cc2)CC1. The second kappa shape index (κ2) is 8.80. The Morgan fingerprint density at radius 3 is 2.48 bits per heavy atom. The van der Waals surface area contributed by atoms with Crippen molar-refractivity contribution in [2.75, 3.05) is 44.3 Å². The van der Waals surface area contributed by atoms with Crippen molar-refractivity contribution < 1.29 is 27.8 Å². The van der Waals surface area contributed by atoms with E-state index in [-0.39, 0.29) is 30.8 Å². The van der Waals surface area contributed by atoms with Crippen LogP contribution in [-0.2, 0) is 20.1 Å². The summed E-state index contributed by atoms with van der Waals surface area (Å²) in [7, 11) is 0. The van der Waals surface area contributed by atoms with Gasteiger partial charge in [-0.15, -0.1) is 0 Å². The Bertz CT molecular complexity index is 932. The number of halogens is 2. The van der Waals surface area contributed by atoms with Crippen LogP contribution in [0.1, 0.15) is 19.4 Å². The molecule has 0 aliphatic carbocycles. The van der Waals surface area contributed by atoms with E-state index in [1.54, 1.807) is 13.8 Å². The van der Waals surface area contributed by atoms with Gasteiger partial charge in [0.15, 0.2) is 5.79 Å². The topological polar surface area (TPSA) is 51.2 Å². The Kier molecular flexibility index (Phi) is 6.11. The average Bonchev–Trinajstić information content (AvgIpc) is 3.14. The fraction of sp³-hybridized carbons (Fsp3) is 0.435. The van der Waals surface area contributed by atoms with Gasteiger partial charge in [0.25, 0.3) is 0 Å². The van der Waals surface area contributed by atoms with Crippen molar-refractivity contribution in [3.8, 4) is 5.75 Å². The summed E-state index contributed by atoms with van der Waals surface area (Å²) < 4.78 is 44.7. The minimum atomic E-state index is -1.28. The molecule has 0 spiro atoms. The third-order valence-corrected chi connectivity index (χ3v) is 5.72. The molecule has 2 fully saturated rings. The first-order valence-electron chi connectivity index (χ1n) is 10.3. The van der Waals surface area contributed by atoms with Crippen LogP contribution in [0.3, 0.4) is 0 Å². The third-order valence-electron chi connectivity index (χ3n) is 5.72. The smallest absolute Gasteiger partial charge is 0.219 e. The Morgan fingerprint density at radius 1 is 1.13 bits per heavy atom. The lowest BCUT2D eigenvalue weighted by molar-refractivity contribution is -0.166. The molecule has 0 radical (unpaired) electrons. The van der Waals surface area contributed by atoms with E-state index in [0.29, 0.717) is 5.75 Å². The Balaban J connectivity index is 1.30. The molecule has 0 N–H and O–H groups in total. The molecule has 2 aromatic carbocycles. The summed E-state index contributed by atoms with van der Waals surface area (Å²) in [5, 5.41) is 0. The quantitative estimate of drug-likeness (QED) is 0.726. The highest BCUT2D eigenvalue weighted by Crippen LogP contribution is 2.35. The first-order valence-corrected chi connectivity index (χ1v) is 10.3. The number of nitrogens with zero attached hydrogens (tertiary/aromatic N) is 2. The molecular weight excluding hydrogens is 406 g/mol. The number of carbonyl (C=O) groups is 1. The van der Waals surface area contributed by atoms with Crippen molar-refractivity contribution in [1.29, 1.82) is 0 Å². The van der Waals surface area contributed by atoms with Crippen LogP contribution in [0.25, 0.3) is 0 Å². The highest BCUT2D eigenvalue weighted by molar-refractivity contribution is 5.73. The van der Waals surface area contributed by atoms with E-state index in [1.807, 2.05) is 29.2 Å². The summed E-state index contributed by atoms with van der Waals surface area (Å²) in [5.74, 6) is -1.83. The van der Waals surface area contributed by atoms with Crippen molar-refractivity contribution >= 4 is 11.6 Å². The van der Waals surface area contributed by atoms with Gasteiger partial charge in [0.1, 0.15) is 30.1 Å². The van der Waals surface area contributed by atoms with Gasteiger partial charge in [0.05, 0.1) is 6.61 Å².